The van der Waals surface area contributed by atoms with E-state index in [2.05, 4.69) is 22.6 Å². The molecule has 1 atom stereocenters. The van der Waals surface area contributed by atoms with E-state index in [0.717, 1.165) is 22.0 Å². The summed E-state index contributed by atoms with van der Waals surface area (Å²) in [5, 5.41) is 9.72. The second-order valence-electron chi connectivity index (χ2n) is 4.44. The van der Waals surface area contributed by atoms with E-state index in [1.54, 1.807) is 6.07 Å². The summed E-state index contributed by atoms with van der Waals surface area (Å²) in [5.41, 5.74) is 1.04. The number of rotatable bonds is 4. The number of carbonyl (C=O) groups is 1. The number of methoxy groups -OCH3 is 1. The lowest BCUT2D eigenvalue weighted by atomic mass is 9.91. The largest absolute Gasteiger partial charge is 0.507 e. The Bertz CT molecular complexity index is 427. The second-order valence-corrected chi connectivity index (χ2v) is 5.60. The maximum absolute atomic E-state index is 11.4. The van der Waals surface area contributed by atoms with Gasteiger partial charge in [-0.2, -0.15) is 0 Å². The monoisotopic (exact) mass is 346 g/mol. The highest BCUT2D eigenvalue weighted by Gasteiger charge is 2.34. The number of aromatic hydroxyl groups is 1. The fourth-order valence-corrected chi connectivity index (χ4v) is 2.41. The normalized spacial score (nSPS) is 16.6. The Balaban J connectivity index is 2.20. The van der Waals surface area contributed by atoms with Crippen molar-refractivity contribution in [2.24, 2.45) is 5.92 Å². The smallest absolute Gasteiger partial charge is 0.306 e. The average molecular weight is 346 g/mol. The van der Waals surface area contributed by atoms with Crippen molar-refractivity contribution in [2.75, 3.05) is 7.11 Å². The number of halogens is 1. The molecule has 0 saturated heterocycles. The van der Waals surface area contributed by atoms with Crippen molar-refractivity contribution in [3.8, 4) is 5.75 Å². The molecule has 3 nitrogen and oxygen atoms in total. The third-order valence-corrected chi connectivity index (χ3v) is 4.12. The Labute approximate surface area is 114 Å². The van der Waals surface area contributed by atoms with E-state index in [1.807, 2.05) is 12.1 Å². The number of hydrogen-bond acceptors (Lipinski definition) is 3. The topological polar surface area (TPSA) is 46.5 Å². The van der Waals surface area contributed by atoms with Crippen LogP contribution in [0.5, 0.6) is 5.75 Å². The first-order valence-corrected chi connectivity index (χ1v) is 6.75. The summed E-state index contributed by atoms with van der Waals surface area (Å²) in [6.07, 6.45) is 2.73. The van der Waals surface area contributed by atoms with Crippen LogP contribution in [0.15, 0.2) is 18.2 Å². The molecule has 1 unspecified atom stereocenters. The highest BCUT2D eigenvalue weighted by atomic mass is 127. The molecule has 0 heterocycles. The molecule has 0 aliphatic heterocycles. The molecule has 0 bridgehead atoms. The molecule has 17 heavy (non-hydrogen) atoms. The van der Waals surface area contributed by atoms with E-state index in [4.69, 9.17) is 4.74 Å². The van der Waals surface area contributed by atoms with Crippen molar-refractivity contribution < 1.29 is 14.6 Å². The molecule has 1 saturated carbocycles. The minimum Gasteiger partial charge on any atom is -0.507 e. The number of phenols is 1. The summed E-state index contributed by atoms with van der Waals surface area (Å²) in [5.74, 6) is 0.859. The maximum atomic E-state index is 11.4. The van der Waals surface area contributed by atoms with E-state index in [1.165, 1.54) is 7.11 Å². The van der Waals surface area contributed by atoms with Crippen molar-refractivity contribution in [1.29, 1.82) is 0 Å². The summed E-state index contributed by atoms with van der Waals surface area (Å²) < 4.78 is 5.56. The summed E-state index contributed by atoms with van der Waals surface area (Å²) >= 11 is 2.09. The Morgan fingerprint density at radius 1 is 1.59 bits per heavy atom. The Hall–Kier alpha value is -0.780. The van der Waals surface area contributed by atoms with E-state index in [-0.39, 0.29) is 11.9 Å². The third-order valence-electron chi connectivity index (χ3n) is 3.20. The van der Waals surface area contributed by atoms with Crippen LogP contribution in [0.1, 0.15) is 30.7 Å². The van der Waals surface area contributed by atoms with Crippen LogP contribution >= 0.6 is 22.6 Å². The zero-order chi connectivity index (χ0) is 12.4. The Morgan fingerprint density at radius 3 is 2.82 bits per heavy atom. The Morgan fingerprint density at radius 2 is 2.29 bits per heavy atom. The van der Waals surface area contributed by atoms with Gasteiger partial charge in [-0.1, -0.05) is 6.07 Å². The van der Waals surface area contributed by atoms with Crippen molar-refractivity contribution >= 4 is 28.6 Å². The molecule has 2 rings (SSSR count). The van der Waals surface area contributed by atoms with E-state index >= 15 is 0 Å². The van der Waals surface area contributed by atoms with Gasteiger partial charge in [0.05, 0.1) is 17.1 Å². The second kappa shape index (κ2) is 5.25. The van der Waals surface area contributed by atoms with Crippen molar-refractivity contribution in [2.45, 2.75) is 25.2 Å². The van der Waals surface area contributed by atoms with Gasteiger partial charge in [0.2, 0.25) is 0 Å². The quantitative estimate of drug-likeness (QED) is 0.673. The third kappa shape index (κ3) is 3.12. The van der Waals surface area contributed by atoms with E-state index in [0.29, 0.717) is 18.1 Å². The molecule has 92 valence electrons. The predicted octanol–water partition coefficient (Wildman–Crippen LogP) is 3.05. The van der Waals surface area contributed by atoms with E-state index in [9.17, 15) is 9.90 Å². The lowest BCUT2D eigenvalue weighted by Crippen LogP contribution is -2.10. The minimum absolute atomic E-state index is 0.181. The average Bonchev–Trinajstić information content (AvgIpc) is 3.13. The molecule has 1 aliphatic rings. The van der Waals surface area contributed by atoms with Crippen LogP contribution in [-0.2, 0) is 9.53 Å². The molecule has 0 spiro atoms. The van der Waals surface area contributed by atoms with Gasteiger partial charge in [0.25, 0.3) is 0 Å². The molecule has 1 N–H and O–H groups in total. The molecule has 1 aliphatic carbocycles. The van der Waals surface area contributed by atoms with Crippen LogP contribution in [0.2, 0.25) is 0 Å². The minimum atomic E-state index is -0.181. The molecular weight excluding hydrogens is 331 g/mol. The first-order valence-electron chi connectivity index (χ1n) is 5.67. The zero-order valence-electron chi connectivity index (χ0n) is 9.65. The van der Waals surface area contributed by atoms with Gasteiger partial charge < -0.3 is 9.84 Å². The maximum Gasteiger partial charge on any atom is 0.306 e. The first kappa shape index (κ1) is 12.7. The summed E-state index contributed by atoms with van der Waals surface area (Å²) in [4.78, 5) is 11.4. The van der Waals surface area contributed by atoms with Crippen molar-refractivity contribution in [3.63, 3.8) is 0 Å². The molecule has 1 fully saturated rings. The number of carbonyl (C=O) groups excluding carboxylic acids is 1. The SMILES string of the molecule is COC(=O)CC(c1ccc(I)c(O)c1)C1CC1. The first-order chi connectivity index (χ1) is 8.11. The summed E-state index contributed by atoms with van der Waals surface area (Å²) in [7, 11) is 1.41. The number of phenolic OH excluding ortho intramolecular Hbond substituents is 1. The van der Waals surface area contributed by atoms with E-state index < -0.39 is 0 Å². The van der Waals surface area contributed by atoms with Gasteiger partial charge in [0.1, 0.15) is 5.75 Å². The van der Waals surface area contributed by atoms with Gasteiger partial charge in [-0.05, 0) is 65.0 Å². The van der Waals surface area contributed by atoms with Gasteiger partial charge in [0, 0.05) is 0 Å². The van der Waals surface area contributed by atoms with Crippen molar-refractivity contribution in [3.05, 3.63) is 27.3 Å². The number of hydrogen-bond donors (Lipinski definition) is 1. The van der Waals surface area contributed by atoms with Gasteiger partial charge in [-0.25, -0.2) is 0 Å². The van der Waals surface area contributed by atoms with Crippen LogP contribution in [0.25, 0.3) is 0 Å². The fraction of sp³-hybridized carbons (Fsp3) is 0.462. The van der Waals surface area contributed by atoms with Gasteiger partial charge in [0.15, 0.2) is 0 Å². The number of ether oxygens (including phenoxy) is 1. The molecular formula is C13H15IO3. The molecule has 0 radical (unpaired) electrons. The number of benzene rings is 1. The summed E-state index contributed by atoms with van der Waals surface area (Å²) in [6, 6.07) is 5.65. The molecule has 4 heteroatoms. The number of esters is 1. The van der Waals surface area contributed by atoms with Crippen LogP contribution < -0.4 is 0 Å². The van der Waals surface area contributed by atoms with Crippen LogP contribution in [0, 0.1) is 9.49 Å². The molecule has 1 aromatic carbocycles. The van der Waals surface area contributed by atoms with Crippen molar-refractivity contribution in [1.82, 2.24) is 0 Å². The lowest BCUT2D eigenvalue weighted by Gasteiger charge is -2.16. The highest BCUT2D eigenvalue weighted by Crippen LogP contribution is 2.45. The molecule has 1 aromatic rings. The van der Waals surface area contributed by atoms with Crippen LogP contribution in [0.3, 0.4) is 0 Å². The van der Waals surface area contributed by atoms with Crippen LogP contribution in [-0.4, -0.2) is 18.2 Å². The van der Waals surface area contributed by atoms with Gasteiger partial charge >= 0.3 is 5.97 Å². The summed E-state index contributed by atoms with van der Waals surface area (Å²) in [6.45, 7) is 0. The van der Waals surface area contributed by atoms with Gasteiger partial charge in [-0.15, -0.1) is 0 Å². The van der Waals surface area contributed by atoms with Gasteiger partial charge in [-0.3, -0.25) is 4.79 Å². The highest BCUT2D eigenvalue weighted by molar-refractivity contribution is 14.1. The molecule has 0 aromatic heterocycles. The zero-order valence-corrected chi connectivity index (χ0v) is 11.8. The standard InChI is InChI=1S/C13H15IO3/c1-17-13(16)7-10(8-2-3-8)9-4-5-11(14)12(15)6-9/h4-6,8,10,15H,2-3,7H2,1H3. The molecule has 0 amide bonds. The predicted molar refractivity (Wildman–Crippen MR) is 72.9 cm³/mol. The van der Waals surface area contributed by atoms with Crippen LogP contribution in [0.4, 0.5) is 0 Å². The fourth-order valence-electron chi connectivity index (χ4n) is 2.08. The Kier molecular flexibility index (Phi) is 3.91. The lowest BCUT2D eigenvalue weighted by molar-refractivity contribution is -0.141.